The lowest BCUT2D eigenvalue weighted by Gasteiger charge is -2.08. The number of fused-ring (bicyclic) bond motifs is 3. The summed E-state index contributed by atoms with van der Waals surface area (Å²) in [6.45, 7) is 2.19. The molecule has 2 aromatic rings. The van der Waals surface area contributed by atoms with E-state index in [9.17, 15) is 4.79 Å². The summed E-state index contributed by atoms with van der Waals surface area (Å²) in [5.74, 6) is 0.518. The molecule has 18 heavy (non-hydrogen) atoms. The minimum absolute atomic E-state index is 0.280. The Morgan fingerprint density at radius 2 is 2.17 bits per heavy atom. The van der Waals surface area contributed by atoms with Crippen LogP contribution >= 0.6 is 0 Å². The molecule has 0 unspecified atom stereocenters. The first-order valence-corrected chi connectivity index (χ1v) is 6.13. The molecule has 0 spiro atoms. The van der Waals surface area contributed by atoms with Crippen molar-refractivity contribution in [1.29, 1.82) is 0 Å². The van der Waals surface area contributed by atoms with E-state index in [-0.39, 0.29) is 5.97 Å². The molecule has 1 aliphatic rings. The quantitative estimate of drug-likeness (QED) is 0.759. The van der Waals surface area contributed by atoms with Crippen LogP contribution in [0.1, 0.15) is 12.5 Å². The number of ether oxygens (including phenoxy) is 2. The molecule has 1 aliphatic heterocycles. The van der Waals surface area contributed by atoms with Gasteiger partial charge in [-0.2, -0.15) is 0 Å². The van der Waals surface area contributed by atoms with E-state index < -0.39 is 6.10 Å². The van der Waals surface area contributed by atoms with Crippen molar-refractivity contribution in [3.63, 3.8) is 0 Å². The fourth-order valence-electron chi connectivity index (χ4n) is 2.38. The van der Waals surface area contributed by atoms with Gasteiger partial charge in [0.15, 0.2) is 6.10 Å². The zero-order valence-electron chi connectivity index (χ0n) is 10.2. The summed E-state index contributed by atoms with van der Waals surface area (Å²) in [4.78, 5) is 11.7. The van der Waals surface area contributed by atoms with E-state index in [4.69, 9.17) is 9.47 Å². The maximum atomic E-state index is 11.7. The van der Waals surface area contributed by atoms with Crippen LogP contribution in [0.3, 0.4) is 0 Å². The molecule has 0 N–H and O–H groups in total. The highest BCUT2D eigenvalue weighted by Crippen LogP contribution is 2.35. The number of hydrogen-bond donors (Lipinski definition) is 0. The van der Waals surface area contributed by atoms with Crippen molar-refractivity contribution in [2.45, 2.75) is 19.4 Å². The minimum Gasteiger partial charge on any atom is -0.478 e. The second-order valence-electron chi connectivity index (χ2n) is 4.33. The third-order valence-electron chi connectivity index (χ3n) is 3.21. The molecule has 0 fully saturated rings. The largest absolute Gasteiger partial charge is 0.478 e. The molecule has 0 bridgehead atoms. The van der Waals surface area contributed by atoms with E-state index in [1.54, 1.807) is 6.92 Å². The van der Waals surface area contributed by atoms with Gasteiger partial charge in [0.05, 0.1) is 6.61 Å². The predicted octanol–water partition coefficient (Wildman–Crippen LogP) is 2.71. The summed E-state index contributed by atoms with van der Waals surface area (Å²) in [7, 11) is 0. The molecule has 0 aromatic heterocycles. The second kappa shape index (κ2) is 4.33. The Labute approximate surface area is 105 Å². The SMILES string of the molecule is CCOC(=O)[C@H]1Cc2c(ccc3ccccc23)O1. The van der Waals surface area contributed by atoms with Crippen LogP contribution in [0.5, 0.6) is 5.75 Å². The standard InChI is InChI=1S/C15H14O3/c1-2-17-15(16)14-9-12-11-6-4-3-5-10(11)7-8-13(12)18-14/h3-8,14H,2,9H2,1H3/t14-/m1/s1. The zero-order chi connectivity index (χ0) is 12.5. The van der Waals surface area contributed by atoms with Gasteiger partial charge in [-0.3, -0.25) is 0 Å². The summed E-state index contributed by atoms with van der Waals surface area (Å²) in [6, 6.07) is 12.1. The third kappa shape index (κ3) is 1.72. The maximum absolute atomic E-state index is 11.7. The minimum atomic E-state index is -0.495. The monoisotopic (exact) mass is 242 g/mol. The van der Waals surface area contributed by atoms with Crippen molar-refractivity contribution in [2.24, 2.45) is 0 Å². The van der Waals surface area contributed by atoms with Crippen molar-refractivity contribution < 1.29 is 14.3 Å². The lowest BCUT2D eigenvalue weighted by Crippen LogP contribution is -2.27. The zero-order valence-corrected chi connectivity index (χ0v) is 10.2. The van der Waals surface area contributed by atoms with Crippen LogP contribution in [0.15, 0.2) is 36.4 Å². The average molecular weight is 242 g/mol. The van der Waals surface area contributed by atoms with Gasteiger partial charge in [-0.15, -0.1) is 0 Å². The van der Waals surface area contributed by atoms with Crippen molar-refractivity contribution in [3.05, 3.63) is 42.0 Å². The van der Waals surface area contributed by atoms with Gasteiger partial charge in [-0.25, -0.2) is 4.79 Å². The molecular weight excluding hydrogens is 228 g/mol. The number of rotatable bonds is 2. The van der Waals surface area contributed by atoms with Crippen LogP contribution in [0.2, 0.25) is 0 Å². The van der Waals surface area contributed by atoms with Crippen LogP contribution in [-0.4, -0.2) is 18.7 Å². The molecule has 1 atom stereocenters. The first-order chi connectivity index (χ1) is 8.79. The van der Waals surface area contributed by atoms with Gasteiger partial charge >= 0.3 is 5.97 Å². The molecular formula is C15H14O3. The highest BCUT2D eigenvalue weighted by atomic mass is 16.6. The highest BCUT2D eigenvalue weighted by Gasteiger charge is 2.31. The van der Waals surface area contributed by atoms with Gasteiger partial charge in [-0.05, 0) is 23.8 Å². The molecule has 0 amide bonds. The number of esters is 1. The van der Waals surface area contributed by atoms with Gasteiger partial charge in [-0.1, -0.05) is 30.3 Å². The van der Waals surface area contributed by atoms with Gasteiger partial charge in [0.2, 0.25) is 0 Å². The van der Waals surface area contributed by atoms with E-state index in [2.05, 4.69) is 12.1 Å². The Kier molecular flexibility index (Phi) is 2.67. The Hall–Kier alpha value is -2.03. The van der Waals surface area contributed by atoms with Gasteiger partial charge in [0, 0.05) is 12.0 Å². The summed E-state index contributed by atoms with van der Waals surface area (Å²) >= 11 is 0. The summed E-state index contributed by atoms with van der Waals surface area (Å²) in [5, 5.41) is 2.33. The van der Waals surface area contributed by atoms with E-state index in [0.29, 0.717) is 13.0 Å². The van der Waals surface area contributed by atoms with Crippen molar-refractivity contribution in [1.82, 2.24) is 0 Å². The molecule has 3 heteroatoms. The first kappa shape index (κ1) is 11.1. The molecule has 92 valence electrons. The lowest BCUT2D eigenvalue weighted by molar-refractivity contribution is -0.150. The number of carbonyl (C=O) groups excluding carboxylic acids is 1. The fourth-order valence-corrected chi connectivity index (χ4v) is 2.38. The number of benzene rings is 2. The maximum Gasteiger partial charge on any atom is 0.347 e. The second-order valence-corrected chi connectivity index (χ2v) is 4.33. The van der Waals surface area contributed by atoms with E-state index in [1.807, 2.05) is 24.3 Å². The van der Waals surface area contributed by atoms with E-state index >= 15 is 0 Å². The van der Waals surface area contributed by atoms with Crippen LogP contribution < -0.4 is 4.74 Å². The number of carbonyl (C=O) groups is 1. The smallest absolute Gasteiger partial charge is 0.347 e. The lowest BCUT2D eigenvalue weighted by atomic mass is 10.0. The predicted molar refractivity (Wildman–Crippen MR) is 68.7 cm³/mol. The summed E-state index contributed by atoms with van der Waals surface area (Å²) in [6.07, 6.45) is 0.0981. The van der Waals surface area contributed by atoms with Crippen LogP contribution in [0.4, 0.5) is 0 Å². The van der Waals surface area contributed by atoms with Crippen LogP contribution in [0, 0.1) is 0 Å². The Balaban J connectivity index is 1.98. The normalized spacial score (nSPS) is 17.3. The van der Waals surface area contributed by atoms with Gasteiger partial charge in [0.25, 0.3) is 0 Å². The van der Waals surface area contributed by atoms with E-state index in [0.717, 1.165) is 16.7 Å². The van der Waals surface area contributed by atoms with Crippen molar-refractivity contribution >= 4 is 16.7 Å². The van der Waals surface area contributed by atoms with Crippen molar-refractivity contribution in [2.75, 3.05) is 6.61 Å². The van der Waals surface area contributed by atoms with Crippen molar-refractivity contribution in [3.8, 4) is 5.75 Å². The van der Waals surface area contributed by atoms with Crippen LogP contribution in [0.25, 0.3) is 10.8 Å². The fraction of sp³-hybridized carbons (Fsp3) is 0.267. The Morgan fingerprint density at radius 3 is 3.00 bits per heavy atom. The van der Waals surface area contributed by atoms with E-state index in [1.165, 1.54) is 5.39 Å². The molecule has 0 radical (unpaired) electrons. The first-order valence-electron chi connectivity index (χ1n) is 6.13. The molecule has 3 rings (SSSR count). The van der Waals surface area contributed by atoms with Gasteiger partial charge in [0.1, 0.15) is 5.75 Å². The Morgan fingerprint density at radius 1 is 1.33 bits per heavy atom. The van der Waals surface area contributed by atoms with Crippen LogP contribution in [-0.2, 0) is 16.0 Å². The number of hydrogen-bond acceptors (Lipinski definition) is 3. The molecule has 0 saturated heterocycles. The third-order valence-corrected chi connectivity index (χ3v) is 3.21. The average Bonchev–Trinajstić information content (AvgIpc) is 2.83. The summed E-state index contributed by atoms with van der Waals surface area (Å²) in [5.41, 5.74) is 1.10. The molecule has 3 nitrogen and oxygen atoms in total. The molecule has 0 aliphatic carbocycles. The topological polar surface area (TPSA) is 35.5 Å². The molecule has 2 aromatic carbocycles. The molecule has 1 heterocycles. The highest BCUT2D eigenvalue weighted by molar-refractivity contribution is 5.90. The summed E-state index contributed by atoms with van der Waals surface area (Å²) < 4.78 is 10.7. The van der Waals surface area contributed by atoms with Gasteiger partial charge < -0.3 is 9.47 Å². The molecule has 0 saturated carbocycles. The Bertz CT molecular complexity index is 604.